The van der Waals surface area contributed by atoms with E-state index in [0.717, 1.165) is 12.8 Å². The van der Waals surface area contributed by atoms with Crippen LogP contribution in [0.15, 0.2) is 12.3 Å². The van der Waals surface area contributed by atoms with Crippen LogP contribution in [0.1, 0.15) is 23.2 Å². The standard InChI is InChI=1S/C9H10N2O3/c10-8-7(14-5-1-2-5)6(9(12)13)3-4-11-8/h3-5H,1-2H2,(H2,10,11)(H,12,13). The molecule has 1 heterocycles. The van der Waals surface area contributed by atoms with Crippen molar-refractivity contribution in [2.75, 3.05) is 5.73 Å². The molecule has 1 fully saturated rings. The summed E-state index contributed by atoms with van der Waals surface area (Å²) in [5.41, 5.74) is 5.61. The number of nitrogens with two attached hydrogens (primary N) is 1. The maximum Gasteiger partial charge on any atom is 0.339 e. The van der Waals surface area contributed by atoms with Gasteiger partial charge in [0.1, 0.15) is 5.56 Å². The molecule has 1 aromatic heterocycles. The summed E-state index contributed by atoms with van der Waals surface area (Å²) in [6.45, 7) is 0. The SMILES string of the molecule is Nc1nccc(C(=O)O)c1OC1CC1. The monoisotopic (exact) mass is 194 g/mol. The molecule has 0 atom stereocenters. The molecule has 1 aromatic rings. The number of rotatable bonds is 3. The highest BCUT2D eigenvalue weighted by Gasteiger charge is 2.27. The van der Waals surface area contributed by atoms with Crippen LogP contribution in [0, 0.1) is 0 Å². The van der Waals surface area contributed by atoms with Crippen molar-refractivity contribution in [2.24, 2.45) is 0 Å². The number of pyridine rings is 1. The summed E-state index contributed by atoms with van der Waals surface area (Å²) in [6.07, 6.45) is 3.37. The number of nitrogens with zero attached hydrogens (tertiary/aromatic N) is 1. The molecular weight excluding hydrogens is 184 g/mol. The molecule has 0 saturated heterocycles. The zero-order valence-electron chi connectivity index (χ0n) is 7.43. The van der Waals surface area contributed by atoms with Gasteiger partial charge in [0.05, 0.1) is 6.10 Å². The first-order chi connectivity index (χ1) is 6.68. The van der Waals surface area contributed by atoms with Crippen molar-refractivity contribution in [1.82, 2.24) is 4.98 Å². The fourth-order valence-corrected chi connectivity index (χ4v) is 1.11. The summed E-state index contributed by atoms with van der Waals surface area (Å²) in [7, 11) is 0. The van der Waals surface area contributed by atoms with Gasteiger partial charge in [0.25, 0.3) is 0 Å². The predicted octanol–water partition coefficient (Wildman–Crippen LogP) is 0.903. The molecule has 2 rings (SSSR count). The van der Waals surface area contributed by atoms with Gasteiger partial charge in [0.15, 0.2) is 11.6 Å². The van der Waals surface area contributed by atoms with Crippen LogP contribution >= 0.6 is 0 Å². The number of carbonyl (C=O) groups is 1. The molecule has 0 bridgehead atoms. The van der Waals surface area contributed by atoms with Gasteiger partial charge in [0, 0.05) is 6.20 Å². The number of anilines is 1. The second-order valence-corrected chi connectivity index (χ2v) is 3.20. The van der Waals surface area contributed by atoms with Crippen LogP contribution in [-0.2, 0) is 0 Å². The first kappa shape index (κ1) is 8.80. The fraction of sp³-hybridized carbons (Fsp3) is 0.333. The summed E-state index contributed by atoms with van der Waals surface area (Å²) in [5.74, 6) is -0.714. The molecule has 0 unspecified atom stereocenters. The zero-order valence-corrected chi connectivity index (χ0v) is 7.43. The van der Waals surface area contributed by atoms with E-state index in [2.05, 4.69) is 4.98 Å². The number of aromatic carboxylic acids is 1. The van der Waals surface area contributed by atoms with E-state index >= 15 is 0 Å². The minimum absolute atomic E-state index is 0.0735. The zero-order chi connectivity index (χ0) is 10.1. The molecule has 0 aromatic carbocycles. The van der Waals surface area contributed by atoms with Crippen LogP contribution in [0.2, 0.25) is 0 Å². The van der Waals surface area contributed by atoms with Crippen molar-refractivity contribution in [1.29, 1.82) is 0 Å². The van der Waals surface area contributed by atoms with E-state index in [1.54, 1.807) is 0 Å². The minimum atomic E-state index is -1.05. The van der Waals surface area contributed by atoms with E-state index in [-0.39, 0.29) is 23.2 Å². The van der Waals surface area contributed by atoms with Crippen molar-refractivity contribution in [3.63, 3.8) is 0 Å². The first-order valence-electron chi connectivity index (χ1n) is 4.33. The third kappa shape index (κ3) is 1.61. The average molecular weight is 194 g/mol. The average Bonchev–Trinajstić information content (AvgIpc) is 2.91. The molecule has 1 aliphatic carbocycles. The van der Waals surface area contributed by atoms with E-state index in [1.807, 2.05) is 0 Å². The lowest BCUT2D eigenvalue weighted by Crippen LogP contribution is -2.08. The number of nitrogen functional groups attached to an aromatic ring is 1. The Kier molecular flexibility index (Phi) is 1.99. The Labute approximate surface area is 80.5 Å². The number of ether oxygens (including phenoxy) is 1. The lowest BCUT2D eigenvalue weighted by molar-refractivity contribution is 0.0692. The molecule has 3 N–H and O–H groups in total. The molecule has 0 radical (unpaired) electrons. The van der Waals surface area contributed by atoms with Crippen LogP contribution in [-0.4, -0.2) is 22.2 Å². The summed E-state index contributed by atoms with van der Waals surface area (Å²) in [4.78, 5) is 14.6. The number of carboxylic acid groups (broad SMARTS) is 1. The van der Waals surface area contributed by atoms with Gasteiger partial charge in [-0.25, -0.2) is 9.78 Å². The lowest BCUT2D eigenvalue weighted by atomic mass is 10.2. The van der Waals surface area contributed by atoms with Gasteiger partial charge in [-0.2, -0.15) is 0 Å². The van der Waals surface area contributed by atoms with Gasteiger partial charge in [-0.3, -0.25) is 0 Å². The molecule has 1 saturated carbocycles. The predicted molar refractivity (Wildman–Crippen MR) is 49.3 cm³/mol. The van der Waals surface area contributed by atoms with Crippen molar-refractivity contribution in [3.8, 4) is 5.75 Å². The van der Waals surface area contributed by atoms with Crippen LogP contribution in [0.3, 0.4) is 0 Å². The Hall–Kier alpha value is -1.78. The van der Waals surface area contributed by atoms with Crippen molar-refractivity contribution in [2.45, 2.75) is 18.9 Å². The van der Waals surface area contributed by atoms with Crippen LogP contribution < -0.4 is 10.5 Å². The lowest BCUT2D eigenvalue weighted by Gasteiger charge is -2.09. The second-order valence-electron chi connectivity index (χ2n) is 3.20. The van der Waals surface area contributed by atoms with Gasteiger partial charge >= 0.3 is 5.97 Å². The summed E-state index contributed by atoms with van der Waals surface area (Å²) < 4.78 is 5.38. The van der Waals surface area contributed by atoms with Crippen LogP contribution in [0.4, 0.5) is 5.82 Å². The molecule has 0 aliphatic heterocycles. The normalized spacial score (nSPS) is 15.1. The van der Waals surface area contributed by atoms with Gasteiger partial charge < -0.3 is 15.6 Å². The highest BCUT2D eigenvalue weighted by molar-refractivity contribution is 5.92. The number of carboxylic acids is 1. The fourth-order valence-electron chi connectivity index (χ4n) is 1.11. The molecule has 74 valence electrons. The second kappa shape index (κ2) is 3.17. The first-order valence-corrected chi connectivity index (χ1v) is 4.33. The summed E-state index contributed by atoms with van der Waals surface area (Å²) >= 11 is 0. The Morgan fingerprint density at radius 1 is 1.64 bits per heavy atom. The largest absolute Gasteiger partial charge is 0.486 e. The Morgan fingerprint density at radius 3 is 2.93 bits per heavy atom. The van der Waals surface area contributed by atoms with Crippen molar-refractivity contribution < 1.29 is 14.6 Å². The molecule has 1 aliphatic rings. The van der Waals surface area contributed by atoms with E-state index in [1.165, 1.54) is 12.3 Å². The third-order valence-corrected chi connectivity index (χ3v) is 1.97. The quantitative estimate of drug-likeness (QED) is 0.746. The summed E-state index contributed by atoms with van der Waals surface area (Å²) in [6, 6.07) is 1.39. The molecule has 0 spiro atoms. The Bertz CT molecular complexity index is 374. The van der Waals surface area contributed by atoms with Crippen molar-refractivity contribution >= 4 is 11.8 Å². The number of hydrogen-bond donors (Lipinski definition) is 2. The molecule has 14 heavy (non-hydrogen) atoms. The molecule has 0 amide bonds. The smallest absolute Gasteiger partial charge is 0.339 e. The topological polar surface area (TPSA) is 85.4 Å². The molecule has 5 nitrogen and oxygen atoms in total. The Balaban J connectivity index is 2.36. The van der Waals surface area contributed by atoms with Crippen LogP contribution in [0.25, 0.3) is 0 Å². The molecular formula is C9H10N2O3. The van der Waals surface area contributed by atoms with E-state index in [4.69, 9.17) is 15.6 Å². The van der Waals surface area contributed by atoms with E-state index in [9.17, 15) is 4.79 Å². The molecule has 5 heteroatoms. The van der Waals surface area contributed by atoms with E-state index in [0.29, 0.717) is 0 Å². The number of aromatic nitrogens is 1. The highest BCUT2D eigenvalue weighted by Crippen LogP contribution is 2.32. The highest BCUT2D eigenvalue weighted by atomic mass is 16.5. The van der Waals surface area contributed by atoms with Gasteiger partial charge in [-0.1, -0.05) is 0 Å². The van der Waals surface area contributed by atoms with E-state index < -0.39 is 5.97 Å². The van der Waals surface area contributed by atoms with Crippen molar-refractivity contribution in [3.05, 3.63) is 17.8 Å². The van der Waals surface area contributed by atoms with Gasteiger partial charge in [-0.05, 0) is 18.9 Å². The maximum absolute atomic E-state index is 10.8. The number of hydrogen-bond acceptors (Lipinski definition) is 4. The third-order valence-electron chi connectivity index (χ3n) is 1.97. The minimum Gasteiger partial charge on any atom is -0.486 e. The van der Waals surface area contributed by atoms with Crippen LogP contribution in [0.5, 0.6) is 5.75 Å². The maximum atomic E-state index is 10.8. The van der Waals surface area contributed by atoms with Gasteiger partial charge in [0.2, 0.25) is 0 Å². The summed E-state index contributed by atoms with van der Waals surface area (Å²) in [5, 5.41) is 8.86. The van der Waals surface area contributed by atoms with Gasteiger partial charge in [-0.15, -0.1) is 0 Å². The Morgan fingerprint density at radius 2 is 2.36 bits per heavy atom.